The zero-order chi connectivity index (χ0) is 13.7. The number of phenolic OH excluding ortho intramolecular Hbond substituents is 1. The molecule has 1 N–H and O–H groups in total. The first kappa shape index (κ1) is 14.5. The second-order valence-corrected chi connectivity index (χ2v) is 4.95. The molecule has 5 heteroatoms. The van der Waals surface area contributed by atoms with Crippen molar-refractivity contribution < 1.29 is 9.90 Å². The molecule has 0 fully saturated rings. The Kier molecular flexibility index (Phi) is 5.17. The molecule has 0 saturated carbocycles. The summed E-state index contributed by atoms with van der Waals surface area (Å²) < 4.78 is 0.730. The van der Waals surface area contributed by atoms with Gasteiger partial charge >= 0.3 is 0 Å². The maximum absolute atomic E-state index is 12.2. The van der Waals surface area contributed by atoms with Crippen LogP contribution in [0.2, 0.25) is 0 Å². The standard InChI is InChI=1S/C13H15BrN2O2/c1-3-16(8-9(2)7-15)13(18)11-6-10(14)4-5-12(11)17/h4-6,9,17H,3,8H2,1-2H3. The van der Waals surface area contributed by atoms with Gasteiger partial charge in [-0.15, -0.1) is 0 Å². The number of amides is 1. The second-order valence-electron chi connectivity index (χ2n) is 4.04. The second kappa shape index (κ2) is 6.41. The van der Waals surface area contributed by atoms with E-state index in [-0.39, 0.29) is 23.1 Å². The number of halogens is 1. The molecular weight excluding hydrogens is 296 g/mol. The van der Waals surface area contributed by atoms with Crippen LogP contribution in [0.5, 0.6) is 5.75 Å². The number of rotatable bonds is 4. The number of carbonyl (C=O) groups excluding carboxylic acids is 1. The van der Waals surface area contributed by atoms with E-state index < -0.39 is 0 Å². The smallest absolute Gasteiger partial charge is 0.257 e. The van der Waals surface area contributed by atoms with Crippen LogP contribution in [-0.4, -0.2) is 29.0 Å². The fraction of sp³-hybridized carbons (Fsp3) is 0.385. The molecular formula is C13H15BrN2O2. The van der Waals surface area contributed by atoms with Crippen molar-refractivity contribution in [1.29, 1.82) is 5.26 Å². The molecule has 0 aliphatic heterocycles. The predicted octanol–water partition coefficient (Wildman–Crippen LogP) is 2.78. The number of aromatic hydroxyl groups is 1. The van der Waals surface area contributed by atoms with Crippen LogP contribution in [0.3, 0.4) is 0 Å². The number of phenols is 1. The number of nitrogens with zero attached hydrogens (tertiary/aromatic N) is 2. The summed E-state index contributed by atoms with van der Waals surface area (Å²) in [7, 11) is 0. The monoisotopic (exact) mass is 310 g/mol. The van der Waals surface area contributed by atoms with Crippen LogP contribution in [-0.2, 0) is 0 Å². The van der Waals surface area contributed by atoms with Gasteiger partial charge in [-0.1, -0.05) is 15.9 Å². The SMILES string of the molecule is CCN(CC(C)C#N)C(=O)c1cc(Br)ccc1O. The summed E-state index contributed by atoms with van der Waals surface area (Å²) in [5, 5.41) is 18.5. The van der Waals surface area contributed by atoms with Crippen molar-refractivity contribution in [2.24, 2.45) is 5.92 Å². The van der Waals surface area contributed by atoms with Crippen molar-refractivity contribution >= 4 is 21.8 Å². The number of nitriles is 1. The molecule has 0 radical (unpaired) electrons. The number of carbonyl (C=O) groups is 1. The Morgan fingerprint density at radius 2 is 2.28 bits per heavy atom. The van der Waals surface area contributed by atoms with Crippen molar-refractivity contribution in [3.8, 4) is 11.8 Å². The van der Waals surface area contributed by atoms with Gasteiger partial charge in [-0.3, -0.25) is 4.79 Å². The van der Waals surface area contributed by atoms with Crippen LogP contribution < -0.4 is 0 Å². The summed E-state index contributed by atoms with van der Waals surface area (Å²) in [6.45, 7) is 4.46. The highest BCUT2D eigenvalue weighted by Crippen LogP contribution is 2.23. The molecule has 4 nitrogen and oxygen atoms in total. The lowest BCUT2D eigenvalue weighted by molar-refractivity contribution is 0.0749. The van der Waals surface area contributed by atoms with Crippen LogP contribution >= 0.6 is 15.9 Å². The Morgan fingerprint density at radius 1 is 1.61 bits per heavy atom. The van der Waals surface area contributed by atoms with E-state index in [0.29, 0.717) is 13.1 Å². The van der Waals surface area contributed by atoms with E-state index in [2.05, 4.69) is 22.0 Å². The van der Waals surface area contributed by atoms with E-state index in [4.69, 9.17) is 5.26 Å². The highest BCUT2D eigenvalue weighted by Gasteiger charge is 2.19. The zero-order valence-electron chi connectivity index (χ0n) is 10.4. The molecule has 0 aliphatic carbocycles. The third kappa shape index (κ3) is 3.47. The summed E-state index contributed by atoms with van der Waals surface area (Å²) >= 11 is 3.27. The summed E-state index contributed by atoms with van der Waals surface area (Å²) in [4.78, 5) is 13.8. The summed E-state index contributed by atoms with van der Waals surface area (Å²) in [6.07, 6.45) is 0. The third-order valence-electron chi connectivity index (χ3n) is 2.57. The van der Waals surface area contributed by atoms with Gasteiger partial charge in [0, 0.05) is 17.6 Å². The average Bonchev–Trinajstić information content (AvgIpc) is 2.37. The quantitative estimate of drug-likeness (QED) is 0.930. The van der Waals surface area contributed by atoms with Crippen molar-refractivity contribution in [3.63, 3.8) is 0 Å². The summed E-state index contributed by atoms with van der Waals surface area (Å²) in [5.74, 6) is -0.548. The minimum absolute atomic E-state index is 0.0498. The normalized spacial score (nSPS) is 11.7. The van der Waals surface area contributed by atoms with Crippen molar-refractivity contribution in [2.75, 3.05) is 13.1 Å². The lowest BCUT2D eigenvalue weighted by Gasteiger charge is -2.22. The van der Waals surface area contributed by atoms with Crippen LogP contribution in [0.25, 0.3) is 0 Å². The van der Waals surface area contributed by atoms with Crippen molar-refractivity contribution in [1.82, 2.24) is 4.90 Å². The maximum atomic E-state index is 12.2. The minimum Gasteiger partial charge on any atom is -0.507 e. The van der Waals surface area contributed by atoms with Crippen molar-refractivity contribution in [3.05, 3.63) is 28.2 Å². The number of hydrogen-bond acceptors (Lipinski definition) is 3. The van der Waals surface area contributed by atoms with E-state index in [0.717, 1.165) is 4.47 Å². The highest BCUT2D eigenvalue weighted by molar-refractivity contribution is 9.10. The Labute approximate surface area is 115 Å². The van der Waals surface area contributed by atoms with Crippen LogP contribution in [0, 0.1) is 17.2 Å². The van der Waals surface area contributed by atoms with Crippen LogP contribution in [0.4, 0.5) is 0 Å². The third-order valence-corrected chi connectivity index (χ3v) is 3.07. The molecule has 1 unspecified atom stereocenters. The van der Waals surface area contributed by atoms with Crippen LogP contribution in [0.1, 0.15) is 24.2 Å². The molecule has 0 aromatic heterocycles. The van der Waals surface area contributed by atoms with E-state index >= 15 is 0 Å². The van der Waals surface area contributed by atoms with Gasteiger partial charge in [0.15, 0.2) is 0 Å². The first-order valence-electron chi connectivity index (χ1n) is 5.67. The molecule has 1 amide bonds. The lowest BCUT2D eigenvalue weighted by atomic mass is 10.1. The summed E-state index contributed by atoms with van der Waals surface area (Å²) in [6, 6.07) is 6.82. The molecule has 0 aliphatic rings. The van der Waals surface area contributed by atoms with Gasteiger partial charge in [0.05, 0.1) is 17.6 Å². The largest absolute Gasteiger partial charge is 0.507 e. The molecule has 0 bridgehead atoms. The molecule has 1 aromatic rings. The predicted molar refractivity (Wildman–Crippen MR) is 72.2 cm³/mol. The van der Waals surface area contributed by atoms with Gasteiger partial charge in [0.2, 0.25) is 0 Å². The maximum Gasteiger partial charge on any atom is 0.257 e. The summed E-state index contributed by atoms with van der Waals surface area (Å²) in [5.41, 5.74) is 0.247. The van der Waals surface area contributed by atoms with Gasteiger partial charge in [-0.25, -0.2) is 0 Å². The lowest BCUT2D eigenvalue weighted by Crippen LogP contribution is -2.34. The van der Waals surface area contributed by atoms with Crippen molar-refractivity contribution in [2.45, 2.75) is 13.8 Å². The molecule has 0 spiro atoms. The molecule has 0 saturated heterocycles. The van der Waals surface area contributed by atoms with Crippen LogP contribution in [0.15, 0.2) is 22.7 Å². The molecule has 96 valence electrons. The molecule has 1 rings (SSSR count). The molecule has 1 aromatic carbocycles. The number of benzene rings is 1. The van der Waals surface area contributed by atoms with E-state index in [9.17, 15) is 9.90 Å². The van der Waals surface area contributed by atoms with Gasteiger partial charge in [-0.2, -0.15) is 5.26 Å². The number of hydrogen-bond donors (Lipinski definition) is 1. The Balaban J connectivity index is 2.97. The molecule has 0 heterocycles. The zero-order valence-corrected chi connectivity index (χ0v) is 11.9. The van der Waals surface area contributed by atoms with E-state index in [1.54, 1.807) is 24.0 Å². The topological polar surface area (TPSA) is 64.3 Å². The minimum atomic E-state index is -0.265. The van der Waals surface area contributed by atoms with Gasteiger partial charge < -0.3 is 10.0 Å². The Hall–Kier alpha value is -1.54. The first-order chi connectivity index (χ1) is 8.49. The van der Waals surface area contributed by atoms with Gasteiger partial charge in [0.1, 0.15) is 5.75 Å². The van der Waals surface area contributed by atoms with E-state index in [1.807, 2.05) is 6.92 Å². The average molecular weight is 311 g/mol. The fourth-order valence-corrected chi connectivity index (χ4v) is 1.94. The molecule has 18 heavy (non-hydrogen) atoms. The van der Waals surface area contributed by atoms with Gasteiger partial charge in [0.25, 0.3) is 5.91 Å². The van der Waals surface area contributed by atoms with Gasteiger partial charge in [-0.05, 0) is 32.0 Å². The highest BCUT2D eigenvalue weighted by atomic mass is 79.9. The Morgan fingerprint density at radius 3 is 2.83 bits per heavy atom. The molecule has 1 atom stereocenters. The fourth-order valence-electron chi connectivity index (χ4n) is 1.58. The van der Waals surface area contributed by atoms with E-state index in [1.165, 1.54) is 6.07 Å². The Bertz CT molecular complexity index is 482. The first-order valence-corrected chi connectivity index (χ1v) is 6.46.